The monoisotopic (exact) mass is 442 g/mol. The summed E-state index contributed by atoms with van der Waals surface area (Å²) in [6.07, 6.45) is 4.45. The Bertz CT molecular complexity index is 955. The molecule has 2 heterocycles. The molecule has 2 aromatic carbocycles. The van der Waals surface area contributed by atoms with Crippen LogP contribution < -0.4 is 4.90 Å². The predicted molar refractivity (Wildman–Crippen MR) is 119 cm³/mol. The molecule has 7 heteroatoms. The van der Waals surface area contributed by atoms with Crippen molar-refractivity contribution < 1.29 is 14.4 Å². The van der Waals surface area contributed by atoms with Crippen LogP contribution in [-0.4, -0.2) is 41.0 Å². The van der Waals surface area contributed by atoms with Gasteiger partial charge in [-0.3, -0.25) is 14.4 Å². The molecule has 0 bridgehead atoms. The second-order valence-electron chi connectivity index (χ2n) is 7.56. The molecule has 2 saturated heterocycles. The van der Waals surface area contributed by atoms with E-state index in [-0.39, 0.29) is 24.1 Å². The Morgan fingerprint density at radius 3 is 2.30 bits per heavy atom. The fraction of sp³-hybridized carbons (Fsp3) is 0.348. The van der Waals surface area contributed by atoms with Gasteiger partial charge >= 0.3 is 0 Å². The highest BCUT2D eigenvalue weighted by Gasteiger charge is 2.40. The third-order valence-corrected chi connectivity index (χ3v) is 6.98. The molecule has 0 N–H and O–H groups in total. The van der Waals surface area contributed by atoms with Gasteiger partial charge in [-0.2, -0.15) is 0 Å². The molecule has 0 aliphatic carbocycles. The van der Waals surface area contributed by atoms with Crippen LogP contribution in [0.4, 0.5) is 5.69 Å². The van der Waals surface area contributed by atoms with E-state index in [1.54, 1.807) is 24.3 Å². The Kier molecular flexibility index (Phi) is 6.44. The molecule has 0 radical (unpaired) electrons. The summed E-state index contributed by atoms with van der Waals surface area (Å²) >= 11 is 7.22. The van der Waals surface area contributed by atoms with Gasteiger partial charge in [0.25, 0.3) is 5.91 Å². The number of imide groups is 1. The summed E-state index contributed by atoms with van der Waals surface area (Å²) in [4.78, 5) is 42.6. The minimum Gasteiger partial charge on any atom is -0.339 e. The van der Waals surface area contributed by atoms with Crippen LogP contribution in [0, 0.1) is 0 Å². The van der Waals surface area contributed by atoms with Gasteiger partial charge in [-0.25, -0.2) is 4.90 Å². The van der Waals surface area contributed by atoms with Crippen molar-refractivity contribution in [2.75, 3.05) is 18.0 Å². The number of amides is 3. The van der Waals surface area contributed by atoms with Crippen LogP contribution in [0.25, 0.3) is 0 Å². The SMILES string of the molecule is O=C(c1ccccc1S[C@@H]1CC(=O)N(c2ccc(Cl)cc2)C1=O)N1CCCCCC1. The van der Waals surface area contributed by atoms with Gasteiger partial charge in [-0.1, -0.05) is 36.6 Å². The van der Waals surface area contributed by atoms with E-state index in [2.05, 4.69) is 0 Å². The Labute approximate surface area is 185 Å². The molecular weight excluding hydrogens is 420 g/mol. The number of thioether (sulfide) groups is 1. The molecule has 0 aromatic heterocycles. The number of nitrogens with zero attached hydrogens (tertiary/aromatic N) is 2. The third-order valence-electron chi connectivity index (χ3n) is 5.47. The van der Waals surface area contributed by atoms with E-state index in [4.69, 9.17) is 11.6 Å². The average Bonchev–Trinajstić information content (AvgIpc) is 2.93. The molecule has 2 aliphatic heterocycles. The number of hydrogen-bond donors (Lipinski definition) is 0. The van der Waals surface area contributed by atoms with Gasteiger partial charge in [0.05, 0.1) is 16.5 Å². The van der Waals surface area contributed by atoms with Crippen LogP contribution in [-0.2, 0) is 9.59 Å². The third kappa shape index (κ3) is 4.40. The van der Waals surface area contributed by atoms with Crippen molar-refractivity contribution in [3.05, 3.63) is 59.1 Å². The highest BCUT2D eigenvalue weighted by atomic mass is 35.5. The largest absolute Gasteiger partial charge is 0.339 e. The maximum Gasteiger partial charge on any atom is 0.254 e. The lowest BCUT2D eigenvalue weighted by Crippen LogP contribution is -2.32. The summed E-state index contributed by atoms with van der Waals surface area (Å²) in [6, 6.07) is 14.0. The van der Waals surface area contributed by atoms with Gasteiger partial charge in [-0.05, 0) is 49.2 Å². The highest BCUT2D eigenvalue weighted by Crippen LogP contribution is 2.36. The fourth-order valence-electron chi connectivity index (χ4n) is 3.90. The molecule has 2 fully saturated rings. The fourth-order valence-corrected chi connectivity index (χ4v) is 5.21. The molecule has 2 aliphatic rings. The summed E-state index contributed by atoms with van der Waals surface area (Å²) < 4.78 is 0. The second-order valence-corrected chi connectivity index (χ2v) is 9.24. The van der Waals surface area contributed by atoms with Crippen LogP contribution in [0.5, 0.6) is 0 Å². The maximum absolute atomic E-state index is 13.1. The first kappa shape index (κ1) is 20.9. The molecule has 0 unspecified atom stereocenters. The normalized spacial score (nSPS) is 19.8. The van der Waals surface area contributed by atoms with Crippen molar-refractivity contribution in [3.8, 4) is 0 Å². The number of likely N-dealkylation sites (tertiary alicyclic amines) is 1. The van der Waals surface area contributed by atoms with E-state index in [9.17, 15) is 14.4 Å². The zero-order chi connectivity index (χ0) is 21.1. The van der Waals surface area contributed by atoms with Crippen LogP contribution in [0.15, 0.2) is 53.4 Å². The van der Waals surface area contributed by atoms with E-state index in [0.29, 0.717) is 16.3 Å². The number of carbonyl (C=O) groups is 3. The van der Waals surface area contributed by atoms with Crippen molar-refractivity contribution in [2.45, 2.75) is 42.2 Å². The number of halogens is 1. The summed E-state index contributed by atoms with van der Waals surface area (Å²) in [6.45, 7) is 1.53. The van der Waals surface area contributed by atoms with Crippen LogP contribution in [0.3, 0.4) is 0 Å². The van der Waals surface area contributed by atoms with Gasteiger partial charge in [0.1, 0.15) is 0 Å². The quantitative estimate of drug-likeness (QED) is 0.639. The first-order chi connectivity index (χ1) is 14.5. The minimum atomic E-state index is -0.550. The number of benzene rings is 2. The standard InChI is InChI=1S/C23H23ClN2O3S/c24-16-9-11-17(12-10-16)26-21(27)15-20(23(26)29)30-19-8-4-3-7-18(19)22(28)25-13-5-1-2-6-14-25/h3-4,7-12,20H,1-2,5-6,13-15H2/t20-/m1/s1. The zero-order valence-electron chi connectivity index (χ0n) is 16.6. The Morgan fingerprint density at radius 2 is 1.60 bits per heavy atom. The summed E-state index contributed by atoms with van der Waals surface area (Å²) in [5.41, 5.74) is 1.13. The number of anilines is 1. The van der Waals surface area contributed by atoms with Crippen LogP contribution in [0.1, 0.15) is 42.5 Å². The van der Waals surface area contributed by atoms with Gasteiger partial charge in [0.15, 0.2) is 0 Å². The van der Waals surface area contributed by atoms with Crippen molar-refractivity contribution in [3.63, 3.8) is 0 Å². The molecule has 1 atom stereocenters. The molecule has 3 amide bonds. The van der Waals surface area contributed by atoms with E-state index in [1.807, 2.05) is 29.2 Å². The summed E-state index contributed by atoms with van der Waals surface area (Å²) in [5.74, 6) is -0.494. The second kappa shape index (κ2) is 9.23. The predicted octanol–water partition coefficient (Wildman–Crippen LogP) is 4.78. The van der Waals surface area contributed by atoms with Crippen molar-refractivity contribution >= 4 is 46.8 Å². The number of rotatable bonds is 4. The lowest BCUT2D eigenvalue weighted by Gasteiger charge is -2.22. The number of carbonyl (C=O) groups excluding carboxylic acids is 3. The average molecular weight is 443 g/mol. The van der Waals surface area contributed by atoms with Crippen molar-refractivity contribution in [1.82, 2.24) is 4.90 Å². The molecule has 5 nitrogen and oxygen atoms in total. The maximum atomic E-state index is 13.1. The summed E-state index contributed by atoms with van der Waals surface area (Å²) in [7, 11) is 0. The van der Waals surface area contributed by atoms with Crippen molar-refractivity contribution in [2.24, 2.45) is 0 Å². The van der Waals surface area contributed by atoms with Crippen LogP contribution >= 0.6 is 23.4 Å². The lowest BCUT2D eigenvalue weighted by molar-refractivity contribution is -0.121. The Hall–Kier alpha value is -2.31. The van der Waals surface area contributed by atoms with E-state index in [1.165, 1.54) is 16.7 Å². The molecule has 2 aromatic rings. The highest BCUT2D eigenvalue weighted by molar-refractivity contribution is 8.00. The van der Waals surface area contributed by atoms with Gasteiger partial charge in [-0.15, -0.1) is 11.8 Å². The van der Waals surface area contributed by atoms with E-state index in [0.717, 1.165) is 43.7 Å². The molecule has 156 valence electrons. The molecular formula is C23H23ClN2O3S. The molecule has 30 heavy (non-hydrogen) atoms. The van der Waals surface area contributed by atoms with Gasteiger partial charge < -0.3 is 4.90 Å². The number of hydrogen-bond acceptors (Lipinski definition) is 4. The molecule has 4 rings (SSSR count). The Balaban J connectivity index is 1.53. The zero-order valence-corrected chi connectivity index (χ0v) is 18.1. The van der Waals surface area contributed by atoms with Gasteiger partial charge in [0.2, 0.25) is 11.8 Å². The molecule has 0 spiro atoms. The first-order valence-electron chi connectivity index (χ1n) is 10.2. The van der Waals surface area contributed by atoms with E-state index >= 15 is 0 Å². The minimum absolute atomic E-state index is 0.00586. The topological polar surface area (TPSA) is 57.7 Å². The smallest absolute Gasteiger partial charge is 0.254 e. The van der Waals surface area contributed by atoms with Crippen LogP contribution in [0.2, 0.25) is 5.02 Å². The van der Waals surface area contributed by atoms with E-state index < -0.39 is 5.25 Å². The summed E-state index contributed by atoms with van der Waals surface area (Å²) in [5, 5.41) is -0.00372. The lowest BCUT2D eigenvalue weighted by atomic mass is 10.2. The van der Waals surface area contributed by atoms with Gasteiger partial charge in [0, 0.05) is 29.4 Å². The first-order valence-corrected chi connectivity index (χ1v) is 11.5. The Morgan fingerprint density at radius 1 is 0.933 bits per heavy atom. The van der Waals surface area contributed by atoms with Crippen molar-refractivity contribution in [1.29, 1.82) is 0 Å². The molecule has 0 saturated carbocycles.